The zero-order chi connectivity index (χ0) is 23.0. The molecule has 0 fully saturated rings. The zero-order valence-corrected chi connectivity index (χ0v) is 24.6. The van der Waals surface area contributed by atoms with Gasteiger partial charge in [-0.2, -0.15) is 0 Å². The molecule has 0 saturated heterocycles. The first-order valence-electron chi connectivity index (χ1n) is 12.1. The van der Waals surface area contributed by atoms with Crippen LogP contribution in [0.25, 0.3) is 11.1 Å². The lowest BCUT2D eigenvalue weighted by Crippen LogP contribution is -2.25. The van der Waals surface area contributed by atoms with Crippen LogP contribution in [0.3, 0.4) is 0 Å². The van der Waals surface area contributed by atoms with Crippen LogP contribution in [0.15, 0.2) is 19.7 Å². The summed E-state index contributed by atoms with van der Waals surface area (Å²) >= 11 is 9.56. The van der Waals surface area contributed by atoms with Crippen molar-refractivity contribution < 1.29 is 0 Å². The smallest absolute Gasteiger partial charge is 0.0789 e. The van der Waals surface area contributed by atoms with Crippen molar-refractivity contribution in [2.45, 2.75) is 116 Å². The summed E-state index contributed by atoms with van der Waals surface area (Å²) in [7, 11) is 0. The van der Waals surface area contributed by atoms with Crippen LogP contribution in [-0.2, 0) is 21.7 Å². The molecule has 0 nitrogen and oxygen atoms in total. The Balaban J connectivity index is 2.23. The molecule has 0 unspecified atom stereocenters. The predicted octanol–water partition coefficient (Wildman–Crippen LogP) is 10.4. The fourth-order valence-corrected chi connectivity index (χ4v) is 10.3. The van der Waals surface area contributed by atoms with E-state index in [0.29, 0.717) is 10.8 Å². The summed E-state index contributed by atoms with van der Waals surface area (Å²) in [5.41, 5.74) is 10.5. The van der Waals surface area contributed by atoms with E-state index in [0.717, 1.165) is 0 Å². The lowest BCUT2D eigenvalue weighted by atomic mass is 9.72. The molecule has 1 heterocycles. The molecule has 2 aliphatic carbocycles. The fourth-order valence-electron chi connectivity index (χ4n) is 7.53. The molecule has 0 radical (unpaired) electrons. The molecule has 4 rings (SSSR count). The van der Waals surface area contributed by atoms with Gasteiger partial charge in [-0.15, -0.1) is 11.3 Å². The van der Waals surface area contributed by atoms with Gasteiger partial charge in [0.15, 0.2) is 0 Å². The highest BCUT2D eigenvalue weighted by Crippen LogP contribution is 2.64. The van der Waals surface area contributed by atoms with Crippen LogP contribution in [0.4, 0.5) is 0 Å². The largest absolute Gasteiger partial charge is 0.121 e. The SMILES string of the molecule is CCC1(CC)CC(C)(C)c2c1cc1c(c2-c2cc(Br)sc2Br)C(C)(C)CC1(CC)CC. The summed E-state index contributed by atoms with van der Waals surface area (Å²) in [4.78, 5) is 0. The Hall–Kier alpha value is -0.120. The highest BCUT2D eigenvalue weighted by atomic mass is 79.9. The van der Waals surface area contributed by atoms with Crippen LogP contribution in [0.2, 0.25) is 0 Å². The van der Waals surface area contributed by atoms with Crippen molar-refractivity contribution in [3.8, 4) is 11.1 Å². The Labute approximate surface area is 210 Å². The molecule has 0 atom stereocenters. The number of hydrogen-bond donors (Lipinski definition) is 0. The molecule has 1 aromatic carbocycles. The average molecular weight is 566 g/mol. The van der Waals surface area contributed by atoms with Crippen molar-refractivity contribution in [3.63, 3.8) is 0 Å². The summed E-state index contributed by atoms with van der Waals surface area (Å²) in [5.74, 6) is 0. The van der Waals surface area contributed by atoms with Gasteiger partial charge in [0.25, 0.3) is 0 Å². The summed E-state index contributed by atoms with van der Waals surface area (Å²) in [5, 5.41) is 0. The minimum absolute atomic E-state index is 0.180. The molecule has 0 N–H and O–H groups in total. The molecule has 3 heteroatoms. The van der Waals surface area contributed by atoms with Crippen molar-refractivity contribution in [1.29, 1.82) is 0 Å². The van der Waals surface area contributed by atoms with Gasteiger partial charge in [0.1, 0.15) is 0 Å². The Morgan fingerprint density at radius 3 is 1.48 bits per heavy atom. The quantitative estimate of drug-likeness (QED) is 0.338. The van der Waals surface area contributed by atoms with E-state index in [1.165, 1.54) is 51.7 Å². The normalized spacial score (nSPS) is 21.9. The van der Waals surface area contributed by atoms with E-state index in [2.05, 4.69) is 99.4 Å². The minimum atomic E-state index is 0.180. The summed E-state index contributed by atoms with van der Waals surface area (Å²) in [6.07, 6.45) is 7.41. The predicted molar refractivity (Wildman–Crippen MR) is 145 cm³/mol. The maximum Gasteiger partial charge on any atom is 0.0789 e. The van der Waals surface area contributed by atoms with Crippen LogP contribution in [0.1, 0.15) is 116 Å². The third-order valence-corrected chi connectivity index (χ3v) is 11.4. The highest BCUT2D eigenvalue weighted by molar-refractivity contribution is 9.12. The summed E-state index contributed by atoms with van der Waals surface area (Å²) in [6, 6.07) is 5.08. The van der Waals surface area contributed by atoms with E-state index in [1.54, 1.807) is 27.8 Å². The molecule has 31 heavy (non-hydrogen) atoms. The van der Waals surface area contributed by atoms with Crippen molar-refractivity contribution in [3.05, 3.63) is 42.0 Å². The van der Waals surface area contributed by atoms with Gasteiger partial charge >= 0.3 is 0 Å². The van der Waals surface area contributed by atoms with Crippen LogP contribution in [0.5, 0.6) is 0 Å². The van der Waals surface area contributed by atoms with Crippen LogP contribution >= 0.6 is 43.2 Å². The fraction of sp³-hybridized carbons (Fsp3) is 0.643. The van der Waals surface area contributed by atoms with E-state index in [1.807, 2.05) is 11.3 Å². The third kappa shape index (κ3) is 3.30. The first-order valence-corrected chi connectivity index (χ1v) is 14.5. The average Bonchev–Trinajstić information content (AvgIpc) is 3.26. The second-order valence-electron chi connectivity index (χ2n) is 11.4. The van der Waals surface area contributed by atoms with Gasteiger partial charge in [0.05, 0.1) is 7.57 Å². The summed E-state index contributed by atoms with van der Waals surface area (Å²) < 4.78 is 2.47. The van der Waals surface area contributed by atoms with Crippen LogP contribution < -0.4 is 0 Å². The van der Waals surface area contributed by atoms with Gasteiger partial charge in [-0.3, -0.25) is 0 Å². The highest BCUT2D eigenvalue weighted by Gasteiger charge is 2.53. The molecule has 0 aliphatic heterocycles. The maximum absolute atomic E-state index is 3.96. The lowest BCUT2D eigenvalue weighted by molar-refractivity contribution is 0.322. The molecule has 2 aromatic rings. The van der Waals surface area contributed by atoms with Gasteiger partial charge in [-0.1, -0.05) is 61.5 Å². The molecule has 2 aliphatic rings. The second kappa shape index (κ2) is 7.70. The molecule has 170 valence electrons. The number of fused-ring (bicyclic) bond motifs is 2. The Kier molecular flexibility index (Phi) is 5.97. The van der Waals surface area contributed by atoms with Gasteiger partial charge in [0, 0.05) is 5.56 Å². The number of thiophene rings is 1. The van der Waals surface area contributed by atoms with Crippen LogP contribution in [0, 0.1) is 0 Å². The Morgan fingerprint density at radius 1 is 0.742 bits per heavy atom. The Bertz CT molecular complexity index is 960. The van der Waals surface area contributed by atoms with E-state index in [4.69, 9.17) is 0 Å². The topological polar surface area (TPSA) is 0 Å². The van der Waals surface area contributed by atoms with Crippen molar-refractivity contribution in [2.24, 2.45) is 0 Å². The second-order valence-corrected chi connectivity index (χ2v) is 15.2. The molecular formula is C28H38Br2S. The number of halogens is 2. The van der Waals surface area contributed by atoms with Gasteiger partial charge in [-0.05, 0) is 126 Å². The standard InChI is InChI=1S/C28H38Br2S/c1-9-27(10-2)15-25(5,6)22-18(27)14-19-23(21(22)17-13-20(29)31-24(17)30)26(7,8)16-28(19,11-3)12-4/h13-14H,9-12,15-16H2,1-8H3. The first-order chi connectivity index (χ1) is 14.4. The van der Waals surface area contributed by atoms with E-state index >= 15 is 0 Å². The van der Waals surface area contributed by atoms with Crippen molar-refractivity contribution in [2.75, 3.05) is 0 Å². The maximum atomic E-state index is 3.96. The number of hydrogen-bond acceptors (Lipinski definition) is 1. The van der Waals surface area contributed by atoms with Crippen molar-refractivity contribution in [1.82, 2.24) is 0 Å². The van der Waals surface area contributed by atoms with Gasteiger partial charge in [0.2, 0.25) is 0 Å². The number of rotatable bonds is 5. The molecule has 0 spiro atoms. The number of benzene rings is 1. The van der Waals surface area contributed by atoms with Gasteiger partial charge < -0.3 is 0 Å². The molecule has 1 aromatic heterocycles. The Morgan fingerprint density at radius 2 is 1.16 bits per heavy atom. The van der Waals surface area contributed by atoms with E-state index in [-0.39, 0.29) is 10.8 Å². The molecular weight excluding hydrogens is 528 g/mol. The lowest BCUT2D eigenvalue weighted by Gasteiger charge is -2.32. The van der Waals surface area contributed by atoms with Crippen LogP contribution in [-0.4, -0.2) is 0 Å². The molecule has 0 bridgehead atoms. The van der Waals surface area contributed by atoms with Crippen molar-refractivity contribution >= 4 is 43.2 Å². The van der Waals surface area contributed by atoms with E-state index in [9.17, 15) is 0 Å². The zero-order valence-electron chi connectivity index (χ0n) is 20.6. The monoisotopic (exact) mass is 564 g/mol. The van der Waals surface area contributed by atoms with Gasteiger partial charge in [-0.25, -0.2) is 0 Å². The summed E-state index contributed by atoms with van der Waals surface area (Å²) in [6.45, 7) is 19.6. The minimum Gasteiger partial charge on any atom is -0.121 e. The molecule has 0 amide bonds. The third-order valence-electron chi connectivity index (χ3n) is 9.02. The first kappa shape index (κ1) is 24.0. The van der Waals surface area contributed by atoms with E-state index < -0.39 is 0 Å². The molecule has 0 saturated carbocycles.